The number of pyridine rings is 1. The van der Waals surface area contributed by atoms with Crippen molar-refractivity contribution in [1.29, 1.82) is 0 Å². The fourth-order valence-electron chi connectivity index (χ4n) is 1.77. The second-order valence-corrected chi connectivity index (χ2v) is 5.95. The third-order valence-corrected chi connectivity index (χ3v) is 4.22. The molecule has 9 heteroatoms. The van der Waals surface area contributed by atoms with Gasteiger partial charge in [-0.2, -0.15) is 5.10 Å². The number of anilines is 1. The number of nitrogen functional groups attached to an aromatic ring is 1. The van der Waals surface area contributed by atoms with E-state index in [9.17, 15) is 8.42 Å². The highest BCUT2D eigenvalue weighted by Gasteiger charge is 2.21. The molecular weight excluding hydrogens is 280 g/mol. The lowest BCUT2D eigenvalue weighted by Gasteiger charge is -2.15. The molecule has 0 bridgehead atoms. The normalized spacial score (nSPS) is 13.1. The van der Waals surface area contributed by atoms with Crippen LogP contribution in [0.5, 0.6) is 0 Å². The van der Waals surface area contributed by atoms with Gasteiger partial charge in [0.15, 0.2) is 0 Å². The fourth-order valence-corrected chi connectivity index (χ4v) is 3.12. The molecule has 0 aliphatic heterocycles. The predicted molar refractivity (Wildman–Crippen MR) is 74.1 cm³/mol. The molecule has 2 aromatic rings. The summed E-state index contributed by atoms with van der Waals surface area (Å²) in [4.78, 5) is 3.82. The van der Waals surface area contributed by atoms with Gasteiger partial charge in [-0.3, -0.25) is 15.5 Å². The van der Waals surface area contributed by atoms with Crippen molar-refractivity contribution in [3.63, 3.8) is 0 Å². The number of sulfonamides is 1. The van der Waals surface area contributed by atoms with Crippen LogP contribution < -0.4 is 16.0 Å². The minimum Gasteiger partial charge on any atom is -0.323 e. The summed E-state index contributed by atoms with van der Waals surface area (Å²) in [7, 11) is -3.70. The quantitative estimate of drug-likeness (QED) is 0.508. The van der Waals surface area contributed by atoms with Crippen LogP contribution in [0.3, 0.4) is 0 Å². The molecule has 0 aliphatic carbocycles. The Morgan fingerprint density at radius 3 is 2.90 bits per heavy atom. The summed E-state index contributed by atoms with van der Waals surface area (Å²) < 4.78 is 28.8. The van der Waals surface area contributed by atoms with Gasteiger partial charge in [-0.1, -0.05) is 0 Å². The zero-order valence-electron chi connectivity index (χ0n) is 10.9. The minimum atomic E-state index is -3.70. The third-order valence-electron chi connectivity index (χ3n) is 2.61. The molecule has 1 unspecified atom stereocenters. The maximum absolute atomic E-state index is 12.3. The average Bonchev–Trinajstić information content (AvgIpc) is 2.90. The Bertz CT molecular complexity index is 655. The molecule has 0 radical (unpaired) electrons. The summed E-state index contributed by atoms with van der Waals surface area (Å²) >= 11 is 0. The van der Waals surface area contributed by atoms with Gasteiger partial charge >= 0.3 is 0 Å². The Balaban J connectivity index is 2.14. The third kappa shape index (κ3) is 3.32. The smallest absolute Gasteiger partial charge is 0.244 e. The van der Waals surface area contributed by atoms with Crippen molar-refractivity contribution >= 4 is 15.7 Å². The van der Waals surface area contributed by atoms with Crippen LogP contribution in [0, 0.1) is 0 Å². The number of nitrogens with two attached hydrogens (primary N) is 1. The van der Waals surface area contributed by atoms with E-state index in [1.165, 1.54) is 18.5 Å². The minimum absolute atomic E-state index is 0.00909. The first kappa shape index (κ1) is 14.4. The average molecular weight is 296 g/mol. The standard InChI is InChI=1S/C11H16N6O2S/c1-9(8-17-6-2-4-14-17)16-20(18,19)11-7-13-5-3-10(11)15-12/h2-7,9,16H,8,12H2,1H3,(H,13,15). The number of hydrazine groups is 1. The summed E-state index contributed by atoms with van der Waals surface area (Å²) in [5.41, 5.74) is 2.63. The molecule has 0 spiro atoms. The van der Waals surface area contributed by atoms with Gasteiger partial charge in [-0.25, -0.2) is 13.1 Å². The molecule has 2 heterocycles. The Labute approximate surface area is 117 Å². The van der Waals surface area contributed by atoms with E-state index in [1.54, 1.807) is 30.1 Å². The second-order valence-electron chi connectivity index (χ2n) is 4.27. The summed E-state index contributed by atoms with van der Waals surface area (Å²) in [6.45, 7) is 2.18. The van der Waals surface area contributed by atoms with Crippen molar-refractivity contribution in [3.05, 3.63) is 36.9 Å². The van der Waals surface area contributed by atoms with Gasteiger partial charge in [0.1, 0.15) is 4.90 Å². The highest BCUT2D eigenvalue weighted by atomic mass is 32.2. The molecular formula is C11H16N6O2S. The van der Waals surface area contributed by atoms with E-state index in [0.717, 1.165) is 0 Å². The first-order chi connectivity index (χ1) is 9.53. The van der Waals surface area contributed by atoms with Gasteiger partial charge < -0.3 is 5.43 Å². The van der Waals surface area contributed by atoms with Crippen molar-refractivity contribution < 1.29 is 8.42 Å². The van der Waals surface area contributed by atoms with Crippen LogP contribution in [0.25, 0.3) is 0 Å². The van der Waals surface area contributed by atoms with Crippen molar-refractivity contribution in [1.82, 2.24) is 19.5 Å². The maximum Gasteiger partial charge on any atom is 0.244 e. The molecule has 0 amide bonds. The fraction of sp³-hybridized carbons (Fsp3) is 0.273. The molecule has 0 aromatic carbocycles. The van der Waals surface area contributed by atoms with Crippen LogP contribution in [-0.2, 0) is 16.6 Å². The van der Waals surface area contributed by atoms with Crippen LogP contribution in [0.15, 0.2) is 41.8 Å². The largest absolute Gasteiger partial charge is 0.323 e. The zero-order valence-corrected chi connectivity index (χ0v) is 11.7. The number of hydrogen-bond donors (Lipinski definition) is 3. The summed E-state index contributed by atoms with van der Waals surface area (Å²) in [5, 5.41) is 4.03. The topological polar surface area (TPSA) is 115 Å². The Hall–Kier alpha value is -1.97. The second kappa shape index (κ2) is 5.99. The molecule has 8 nitrogen and oxygen atoms in total. The van der Waals surface area contributed by atoms with E-state index in [4.69, 9.17) is 5.84 Å². The summed E-state index contributed by atoms with van der Waals surface area (Å²) in [6, 6.07) is 2.94. The van der Waals surface area contributed by atoms with Crippen molar-refractivity contribution in [2.24, 2.45) is 5.84 Å². The first-order valence-electron chi connectivity index (χ1n) is 5.93. The van der Waals surface area contributed by atoms with Gasteiger partial charge in [0.2, 0.25) is 10.0 Å². The highest BCUT2D eigenvalue weighted by molar-refractivity contribution is 7.89. The number of hydrogen-bond acceptors (Lipinski definition) is 6. The molecule has 4 N–H and O–H groups in total. The number of aromatic nitrogens is 3. The lowest BCUT2D eigenvalue weighted by molar-refractivity contribution is 0.494. The van der Waals surface area contributed by atoms with Gasteiger partial charge in [-0.15, -0.1) is 0 Å². The highest BCUT2D eigenvalue weighted by Crippen LogP contribution is 2.18. The van der Waals surface area contributed by atoms with E-state index in [0.29, 0.717) is 12.2 Å². The Morgan fingerprint density at radius 2 is 2.25 bits per heavy atom. The van der Waals surface area contributed by atoms with Crippen LogP contribution in [-0.4, -0.2) is 29.2 Å². The van der Waals surface area contributed by atoms with E-state index in [1.807, 2.05) is 0 Å². The van der Waals surface area contributed by atoms with Gasteiger partial charge in [0, 0.05) is 30.8 Å². The summed E-state index contributed by atoms with van der Waals surface area (Å²) in [6.07, 6.45) is 6.11. The first-order valence-corrected chi connectivity index (χ1v) is 7.41. The molecule has 0 aliphatic rings. The molecule has 0 fully saturated rings. The molecule has 0 saturated carbocycles. The Kier molecular flexibility index (Phi) is 4.32. The molecule has 2 aromatic heterocycles. The van der Waals surface area contributed by atoms with Crippen LogP contribution in [0.4, 0.5) is 5.69 Å². The van der Waals surface area contributed by atoms with Crippen molar-refractivity contribution in [2.75, 3.05) is 5.43 Å². The monoisotopic (exact) mass is 296 g/mol. The van der Waals surface area contributed by atoms with E-state index in [-0.39, 0.29) is 10.9 Å². The lowest BCUT2D eigenvalue weighted by atomic mass is 10.4. The molecule has 108 valence electrons. The van der Waals surface area contributed by atoms with Crippen molar-refractivity contribution in [3.8, 4) is 0 Å². The van der Waals surface area contributed by atoms with E-state index < -0.39 is 10.0 Å². The molecule has 0 saturated heterocycles. The molecule has 20 heavy (non-hydrogen) atoms. The number of nitrogens with one attached hydrogen (secondary N) is 2. The number of rotatable bonds is 6. The lowest BCUT2D eigenvalue weighted by Crippen LogP contribution is -2.36. The summed E-state index contributed by atoms with van der Waals surface area (Å²) in [5.74, 6) is 5.30. The van der Waals surface area contributed by atoms with E-state index in [2.05, 4.69) is 20.2 Å². The van der Waals surface area contributed by atoms with Crippen LogP contribution in [0.1, 0.15) is 6.92 Å². The van der Waals surface area contributed by atoms with Gasteiger partial charge in [-0.05, 0) is 19.1 Å². The molecule has 2 rings (SSSR count). The maximum atomic E-state index is 12.3. The number of nitrogens with zero attached hydrogens (tertiary/aromatic N) is 3. The van der Waals surface area contributed by atoms with Gasteiger partial charge in [0.25, 0.3) is 0 Å². The predicted octanol–water partition coefficient (Wildman–Crippen LogP) is -0.0693. The van der Waals surface area contributed by atoms with Crippen LogP contribution in [0.2, 0.25) is 0 Å². The molecule has 1 atom stereocenters. The van der Waals surface area contributed by atoms with Crippen LogP contribution >= 0.6 is 0 Å². The van der Waals surface area contributed by atoms with Crippen molar-refractivity contribution in [2.45, 2.75) is 24.4 Å². The SMILES string of the molecule is CC(Cn1cccn1)NS(=O)(=O)c1cnccc1NN. The Morgan fingerprint density at radius 1 is 1.45 bits per heavy atom. The zero-order chi connectivity index (χ0) is 14.6. The van der Waals surface area contributed by atoms with Gasteiger partial charge in [0.05, 0.1) is 12.2 Å². The van der Waals surface area contributed by atoms with E-state index >= 15 is 0 Å².